The van der Waals surface area contributed by atoms with Crippen LogP contribution in [-0.2, 0) is 10.4 Å². The van der Waals surface area contributed by atoms with Crippen molar-refractivity contribution in [1.29, 1.82) is 0 Å². The molecule has 0 aliphatic carbocycles. The van der Waals surface area contributed by atoms with Gasteiger partial charge in [0.25, 0.3) is 0 Å². The first-order valence-corrected chi connectivity index (χ1v) is 2.10. The molecule has 0 amide bonds. The van der Waals surface area contributed by atoms with Gasteiger partial charge in [-0.25, -0.2) is 0 Å². The first kappa shape index (κ1) is 22.5. The molecule has 0 atom stereocenters. The first-order chi connectivity index (χ1) is 2.00. The Morgan fingerprint density at radius 2 is 1.12 bits per heavy atom. The van der Waals surface area contributed by atoms with E-state index in [2.05, 4.69) is 0 Å². The van der Waals surface area contributed by atoms with E-state index < -0.39 is 10.4 Å². The van der Waals surface area contributed by atoms with Crippen LogP contribution < -0.4 is 103 Å². The molecule has 0 aliphatic heterocycles. The average molecular weight is 215 g/mol. The molecule has 8 heavy (non-hydrogen) atoms. The van der Waals surface area contributed by atoms with Crippen molar-refractivity contribution in [3.8, 4) is 0 Å². The Bertz CT molecular complexity index is 104. The molecule has 44 valence electrons. The van der Waals surface area contributed by atoms with Crippen LogP contribution in [0.1, 0.15) is 2.85 Å². The fourth-order valence-electron chi connectivity index (χ4n) is 0. The fraction of sp³-hybridized carbons (Fsp3) is 0. The maximum Gasteiger partial charge on any atom is 1.00 e. The molecule has 4 nitrogen and oxygen atoms in total. The van der Waals surface area contributed by atoms with Crippen molar-refractivity contribution in [2.24, 2.45) is 0 Å². The summed E-state index contributed by atoms with van der Waals surface area (Å²) in [4.78, 5) is 0. The van der Waals surface area contributed by atoms with Crippen LogP contribution in [0.25, 0.3) is 0 Å². The molecule has 0 bridgehead atoms. The fourth-order valence-corrected chi connectivity index (χ4v) is 0. The van der Waals surface area contributed by atoms with Gasteiger partial charge in [0.15, 0.2) is 0 Å². The van der Waals surface area contributed by atoms with Gasteiger partial charge in [0.05, 0.1) is 0 Å². The van der Waals surface area contributed by atoms with Crippen LogP contribution in [-0.4, -0.2) is 17.5 Å². The van der Waals surface area contributed by atoms with Crippen molar-refractivity contribution in [2.75, 3.05) is 0 Å². The van der Waals surface area contributed by atoms with Crippen LogP contribution in [0.2, 0.25) is 0 Å². The molecule has 0 fully saturated rings. The normalized spacial score (nSPS) is 7.25. The number of hydrogen-bond donors (Lipinski definition) is 2. The minimum atomic E-state index is -4.67. The largest absolute Gasteiger partial charge is 1.00 e. The van der Waals surface area contributed by atoms with Gasteiger partial charge in [0.1, 0.15) is 0 Å². The van der Waals surface area contributed by atoms with E-state index in [1.165, 1.54) is 0 Å². The summed E-state index contributed by atoms with van der Waals surface area (Å²) in [5, 5.41) is 0. The molecule has 0 saturated carbocycles. The van der Waals surface area contributed by atoms with Gasteiger partial charge in [0.2, 0.25) is 0 Å². The van der Waals surface area contributed by atoms with E-state index in [4.69, 9.17) is 17.5 Å². The van der Waals surface area contributed by atoms with Gasteiger partial charge in [-0.15, -0.1) is 12.4 Å². The van der Waals surface area contributed by atoms with E-state index >= 15 is 0 Å². The maximum atomic E-state index is 8.74. The van der Waals surface area contributed by atoms with Crippen LogP contribution in [0.5, 0.6) is 0 Å². The second-order valence-corrected chi connectivity index (χ2v) is 1.34. The van der Waals surface area contributed by atoms with Gasteiger partial charge < -0.3 is 2.85 Å². The third-order valence-corrected chi connectivity index (χ3v) is 0. The molecule has 2 N–H and O–H groups in total. The molecule has 0 unspecified atom stereocenters. The Labute approximate surface area is 142 Å². The van der Waals surface area contributed by atoms with Gasteiger partial charge in [0, 0.05) is 0 Å². The van der Waals surface area contributed by atoms with Gasteiger partial charge in [-0.1, -0.05) is 0 Å². The van der Waals surface area contributed by atoms with Gasteiger partial charge in [-0.2, -0.15) is 8.42 Å². The summed E-state index contributed by atoms with van der Waals surface area (Å²) < 4.78 is 31.6. The Balaban J connectivity index is -0.00000000800. The van der Waals surface area contributed by atoms with Crippen molar-refractivity contribution >= 4 is 22.8 Å². The van der Waals surface area contributed by atoms with E-state index in [0.717, 1.165) is 0 Å². The van der Waals surface area contributed by atoms with Crippen LogP contribution in [0.15, 0.2) is 0 Å². The molecule has 0 saturated heterocycles. The predicted molar refractivity (Wildman–Crippen MR) is 23.6 cm³/mol. The zero-order chi connectivity index (χ0) is 4.50. The maximum absolute atomic E-state index is 8.74. The Hall–Kier alpha value is 3.43. The van der Waals surface area contributed by atoms with E-state index in [9.17, 15) is 0 Å². The van der Waals surface area contributed by atoms with Crippen molar-refractivity contribution in [1.82, 2.24) is 0 Å². The van der Waals surface area contributed by atoms with Crippen LogP contribution in [0.3, 0.4) is 0 Å². The molecule has 0 aromatic carbocycles. The summed E-state index contributed by atoms with van der Waals surface area (Å²) >= 11 is 0. The SMILES string of the molecule is Cl.O=S(=O)(O)O.[H-].[H-].[K+].[K+]. The summed E-state index contributed by atoms with van der Waals surface area (Å²) in [7, 11) is -4.67. The van der Waals surface area contributed by atoms with Gasteiger partial charge in [-0.05, 0) is 0 Å². The van der Waals surface area contributed by atoms with Crippen molar-refractivity contribution in [3.05, 3.63) is 0 Å². The van der Waals surface area contributed by atoms with Gasteiger partial charge >= 0.3 is 113 Å². The molecule has 0 rings (SSSR count). The van der Waals surface area contributed by atoms with Crippen molar-refractivity contribution in [3.63, 3.8) is 0 Å². The Kier molecular flexibility index (Phi) is 29.4. The average Bonchev–Trinajstić information content (AvgIpc) is 0.722. The van der Waals surface area contributed by atoms with E-state index in [-0.39, 0.29) is 118 Å². The van der Waals surface area contributed by atoms with Gasteiger partial charge in [-0.3, -0.25) is 9.11 Å². The van der Waals surface area contributed by atoms with Crippen molar-refractivity contribution < 1.29 is 123 Å². The molecule has 0 aromatic heterocycles. The molecular formula is H5ClK2O4S. The van der Waals surface area contributed by atoms with Crippen LogP contribution in [0, 0.1) is 0 Å². The monoisotopic (exact) mass is 214 g/mol. The summed E-state index contributed by atoms with van der Waals surface area (Å²) in [6.07, 6.45) is 0. The molecule has 0 heterocycles. The standard InChI is InChI=1S/ClH.2K.H2O4S.2H/c;;;1-5(2,3)4;;/h1H;;;(H2,1,2,3,4);;/q;2*+1;;2*-1. The van der Waals surface area contributed by atoms with E-state index in [0.29, 0.717) is 0 Å². The zero-order valence-corrected chi connectivity index (χ0v) is 12.4. The topological polar surface area (TPSA) is 74.6 Å². The first-order valence-electron chi connectivity index (χ1n) is 0.698. The second-order valence-electron chi connectivity index (χ2n) is 0.448. The summed E-state index contributed by atoms with van der Waals surface area (Å²) in [5.74, 6) is 0. The summed E-state index contributed by atoms with van der Waals surface area (Å²) in [6.45, 7) is 0. The molecular weight excluding hydrogens is 210 g/mol. The zero-order valence-electron chi connectivity index (χ0n) is 6.53. The molecule has 0 spiro atoms. The van der Waals surface area contributed by atoms with Crippen molar-refractivity contribution in [2.45, 2.75) is 0 Å². The van der Waals surface area contributed by atoms with Crippen LogP contribution in [0.4, 0.5) is 0 Å². The molecule has 8 heteroatoms. The van der Waals surface area contributed by atoms with Crippen LogP contribution >= 0.6 is 12.4 Å². The minimum Gasteiger partial charge on any atom is -1.00 e. The quantitative estimate of drug-likeness (QED) is 0.311. The summed E-state index contributed by atoms with van der Waals surface area (Å²) in [6, 6.07) is 0. The summed E-state index contributed by atoms with van der Waals surface area (Å²) in [5.41, 5.74) is 0. The number of halogens is 1. The number of hydrogen-bond acceptors (Lipinski definition) is 2. The molecule has 0 aliphatic rings. The third kappa shape index (κ3) is 56.9. The minimum absolute atomic E-state index is 0. The Morgan fingerprint density at radius 3 is 1.12 bits per heavy atom. The van der Waals surface area contributed by atoms with E-state index in [1.54, 1.807) is 0 Å². The smallest absolute Gasteiger partial charge is 1.00 e. The Morgan fingerprint density at radius 1 is 1.12 bits per heavy atom. The predicted octanol–water partition coefficient (Wildman–Crippen LogP) is -6.00. The number of rotatable bonds is 0. The third-order valence-electron chi connectivity index (χ3n) is 0. The molecule has 0 aromatic rings. The molecule has 0 radical (unpaired) electrons. The second kappa shape index (κ2) is 10.4. The van der Waals surface area contributed by atoms with E-state index in [1.807, 2.05) is 0 Å².